The van der Waals surface area contributed by atoms with Gasteiger partial charge in [-0.15, -0.1) is 0 Å². The van der Waals surface area contributed by atoms with Gasteiger partial charge in [0, 0.05) is 32.4 Å². The van der Waals surface area contributed by atoms with Crippen molar-refractivity contribution < 1.29 is 0 Å². The van der Waals surface area contributed by atoms with E-state index >= 15 is 0 Å². The van der Waals surface area contributed by atoms with Crippen molar-refractivity contribution in [2.45, 2.75) is 40.3 Å². The highest BCUT2D eigenvalue weighted by Gasteiger charge is 2.30. The van der Waals surface area contributed by atoms with E-state index in [1.54, 1.807) is 7.05 Å². The van der Waals surface area contributed by atoms with Crippen LogP contribution in [0, 0.1) is 19.8 Å². The number of fused-ring (bicyclic) bond motifs is 3. The monoisotopic (exact) mass is 443 g/mol. The first-order valence-corrected chi connectivity index (χ1v) is 11.4. The van der Waals surface area contributed by atoms with Gasteiger partial charge in [0.1, 0.15) is 0 Å². The van der Waals surface area contributed by atoms with E-state index in [4.69, 9.17) is 4.98 Å². The lowest BCUT2D eigenvalue weighted by molar-refractivity contribution is 0.457. The van der Waals surface area contributed by atoms with Crippen LogP contribution in [0.5, 0.6) is 0 Å². The maximum Gasteiger partial charge on any atom is 0.332 e. The van der Waals surface area contributed by atoms with Crippen LogP contribution in [0.15, 0.2) is 58.1 Å². The van der Waals surface area contributed by atoms with Gasteiger partial charge in [-0.1, -0.05) is 43.3 Å². The number of imidazole rings is 1. The highest BCUT2D eigenvalue weighted by Crippen LogP contribution is 2.33. The van der Waals surface area contributed by atoms with Crippen LogP contribution in [0.1, 0.15) is 23.6 Å². The summed E-state index contributed by atoms with van der Waals surface area (Å²) in [6, 6.07) is 16.4. The van der Waals surface area contributed by atoms with E-state index in [0.717, 1.165) is 23.7 Å². The molecule has 0 unspecified atom stereocenters. The summed E-state index contributed by atoms with van der Waals surface area (Å²) in [7, 11) is 1.70. The SMILES string of the molecule is Cc1cc(C)cc(N2C[C@@H](C)Cn3c2nc2c3c(=O)n(CCc3ccccc3)c(=O)n2C)c1. The quantitative estimate of drug-likeness (QED) is 0.484. The van der Waals surface area contributed by atoms with Crippen molar-refractivity contribution in [3.05, 3.63) is 86.1 Å². The van der Waals surface area contributed by atoms with Crippen LogP contribution >= 0.6 is 0 Å². The first-order valence-electron chi connectivity index (χ1n) is 11.4. The Morgan fingerprint density at radius 2 is 1.70 bits per heavy atom. The van der Waals surface area contributed by atoms with E-state index in [1.165, 1.54) is 20.3 Å². The molecule has 170 valence electrons. The first kappa shape index (κ1) is 21.2. The Morgan fingerprint density at radius 1 is 1.00 bits per heavy atom. The summed E-state index contributed by atoms with van der Waals surface area (Å²) in [5.41, 5.74) is 4.87. The maximum atomic E-state index is 13.6. The summed E-state index contributed by atoms with van der Waals surface area (Å²) in [5.74, 6) is 1.05. The largest absolute Gasteiger partial charge is 0.332 e. The second-order valence-corrected chi connectivity index (χ2v) is 9.29. The Labute approximate surface area is 192 Å². The van der Waals surface area contributed by atoms with Crippen LogP contribution < -0.4 is 16.1 Å². The fourth-order valence-corrected chi connectivity index (χ4v) is 4.91. The number of hydrogen-bond donors (Lipinski definition) is 0. The van der Waals surface area contributed by atoms with Crippen molar-refractivity contribution in [2.75, 3.05) is 11.4 Å². The summed E-state index contributed by atoms with van der Waals surface area (Å²) >= 11 is 0. The van der Waals surface area contributed by atoms with Crippen LogP contribution in [0.25, 0.3) is 11.2 Å². The fourth-order valence-electron chi connectivity index (χ4n) is 4.91. The van der Waals surface area contributed by atoms with Gasteiger partial charge < -0.3 is 9.47 Å². The third kappa shape index (κ3) is 3.67. The molecule has 0 bridgehead atoms. The molecule has 0 saturated heterocycles. The Hall–Kier alpha value is -3.61. The highest BCUT2D eigenvalue weighted by atomic mass is 16.2. The first-order chi connectivity index (χ1) is 15.8. The van der Waals surface area contributed by atoms with E-state index in [2.05, 4.69) is 43.9 Å². The molecule has 0 fully saturated rings. The molecule has 2 aromatic heterocycles. The summed E-state index contributed by atoms with van der Waals surface area (Å²) in [5, 5.41) is 0. The summed E-state index contributed by atoms with van der Waals surface area (Å²) in [6.07, 6.45) is 0.619. The minimum absolute atomic E-state index is 0.266. The molecule has 33 heavy (non-hydrogen) atoms. The van der Waals surface area contributed by atoms with E-state index in [1.807, 2.05) is 34.9 Å². The Balaban J connectivity index is 1.66. The van der Waals surface area contributed by atoms with Crippen molar-refractivity contribution in [1.82, 2.24) is 18.7 Å². The molecule has 3 heterocycles. The lowest BCUT2D eigenvalue weighted by atomic mass is 10.1. The van der Waals surface area contributed by atoms with Crippen molar-refractivity contribution in [2.24, 2.45) is 13.0 Å². The van der Waals surface area contributed by atoms with Crippen LogP contribution in [-0.4, -0.2) is 25.2 Å². The van der Waals surface area contributed by atoms with E-state index in [9.17, 15) is 9.59 Å². The summed E-state index contributed by atoms with van der Waals surface area (Å²) < 4.78 is 4.87. The van der Waals surface area contributed by atoms with Gasteiger partial charge in [-0.05, 0) is 55.0 Å². The lowest BCUT2D eigenvalue weighted by Gasteiger charge is -2.33. The minimum atomic E-state index is -0.329. The van der Waals surface area contributed by atoms with E-state index in [0.29, 0.717) is 36.6 Å². The molecule has 5 rings (SSSR count). The van der Waals surface area contributed by atoms with Crippen LogP contribution in [0.4, 0.5) is 11.6 Å². The molecule has 0 radical (unpaired) electrons. The highest BCUT2D eigenvalue weighted by molar-refractivity contribution is 5.77. The Bertz CT molecular complexity index is 1440. The fraction of sp³-hybridized carbons (Fsp3) is 0.346. The number of aryl methyl sites for hydroxylation is 4. The molecule has 0 amide bonds. The molecule has 0 aliphatic carbocycles. The average molecular weight is 444 g/mol. The second kappa shape index (κ2) is 8.06. The van der Waals surface area contributed by atoms with Crippen molar-refractivity contribution in [1.29, 1.82) is 0 Å². The van der Waals surface area contributed by atoms with Crippen molar-refractivity contribution >= 4 is 22.8 Å². The molecule has 1 aliphatic heterocycles. The number of aromatic nitrogens is 4. The molecule has 0 N–H and O–H groups in total. The Kier molecular flexibility index (Phi) is 5.19. The molecule has 7 heteroatoms. The number of nitrogens with zero attached hydrogens (tertiary/aromatic N) is 5. The Morgan fingerprint density at radius 3 is 2.39 bits per heavy atom. The van der Waals surface area contributed by atoms with Crippen molar-refractivity contribution in [3.8, 4) is 0 Å². The summed E-state index contributed by atoms with van der Waals surface area (Å²) in [6.45, 7) is 8.19. The van der Waals surface area contributed by atoms with E-state index < -0.39 is 0 Å². The third-order valence-electron chi connectivity index (χ3n) is 6.43. The second-order valence-electron chi connectivity index (χ2n) is 9.29. The van der Waals surface area contributed by atoms with Crippen LogP contribution in [-0.2, 0) is 26.6 Å². The van der Waals surface area contributed by atoms with Gasteiger partial charge >= 0.3 is 5.69 Å². The predicted octanol–water partition coefficient (Wildman–Crippen LogP) is 3.54. The lowest BCUT2D eigenvalue weighted by Crippen LogP contribution is -2.40. The third-order valence-corrected chi connectivity index (χ3v) is 6.43. The zero-order valence-electron chi connectivity index (χ0n) is 19.6. The van der Waals surface area contributed by atoms with Crippen molar-refractivity contribution in [3.63, 3.8) is 0 Å². The molecule has 0 saturated carbocycles. The molecule has 2 aromatic carbocycles. The zero-order chi connectivity index (χ0) is 23.3. The minimum Gasteiger partial charge on any atom is -0.312 e. The van der Waals surface area contributed by atoms with E-state index in [-0.39, 0.29) is 11.2 Å². The maximum absolute atomic E-state index is 13.6. The van der Waals surface area contributed by atoms with Crippen LogP contribution in [0.3, 0.4) is 0 Å². The normalized spacial score (nSPS) is 15.8. The average Bonchev–Trinajstić information content (AvgIpc) is 3.16. The van der Waals surface area contributed by atoms with Crippen LogP contribution in [0.2, 0.25) is 0 Å². The van der Waals surface area contributed by atoms with Gasteiger partial charge in [-0.25, -0.2) is 4.79 Å². The number of benzene rings is 2. The van der Waals surface area contributed by atoms with Gasteiger partial charge in [0.15, 0.2) is 11.2 Å². The molecule has 7 nitrogen and oxygen atoms in total. The van der Waals surface area contributed by atoms with Gasteiger partial charge in [0.05, 0.1) is 0 Å². The molecular weight excluding hydrogens is 414 g/mol. The van der Waals surface area contributed by atoms with Gasteiger partial charge in [0.25, 0.3) is 5.56 Å². The molecule has 0 spiro atoms. The summed E-state index contributed by atoms with van der Waals surface area (Å²) in [4.78, 5) is 33.7. The predicted molar refractivity (Wildman–Crippen MR) is 131 cm³/mol. The number of anilines is 2. The molecular formula is C26H29N5O2. The smallest absolute Gasteiger partial charge is 0.312 e. The molecule has 1 atom stereocenters. The standard InChI is InChI=1S/C26H29N5O2/c1-17-12-18(2)14-21(13-17)30-15-19(3)16-31-22-23(27-25(30)31)28(4)26(33)29(24(22)32)11-10-20-8-6-5-7-9-20/h5-9,12-14,19H,10-11,15-16H2,1-4H3/t19-/m1/s1. The van der Waals surface area contributed by atoms with Gasteiger partial charge in [0.2, 0.25) is 5.95 Å². The number of hydrogen-bond acceptors (Lipinski definition) is 4. The van der Waals surface area contributed by atoms with Gasteiger partial charge in [-0.2, -0.15) is 4.98 Å². The van der Waals surface area contributed by atoms with Gasteiger partial charge in [-0.3, -0.25) is 13.9 Å². The molecule has 1 aliphatic rings. The zero-order valence-corrected chi connectivity index (χ0v) is 19.6. The molecule has 4 aromatic rings. The topological polar surface area (TPSA) is 65.1 Å². The number of rotatable bonds is 4.